The molecule has 5 heteroatoms. The van der Waals surface area contributed by atoms with Gasteiger partial charge >= 0.3 is 0 Å². The summed E-state index contributed by atoms with van der Waals surface area (Å²) in [7, 11) is 0. The predicted molar refractivity (Wildman–Crippen MR) is 143 cm³/mol. The Labute approximate surface area is 215 Å². The van der Waals surface area contributed by atoms with E-state index in [4.69, 9.17) is 0 Å². The second-order valence-electron chi connectivity index (χ2n) is 12.3. The lowest BCUT2D eigenvalue weighted by molar-refractivity contribution is -0.131. The van der Waals surface area contributed by atoms with Crippen LogP contribution in [-0.4, -0.2) is 20.8 Å². The van der Waals surface area contributed by atoms with Gasteiger partial charge in [0.15, 0.2) is 11.6 Å². The lowest BCUT2D eigenvalue weighted by Crippen LogP contribution is -2.49. The van der Waals surface area contributed by atoms with E-state index in [1.165, 1.54) is 62.2 Å². The summed E-state index contributed by atoms with van der Waals surface area (Å²) in [6.07, 6.45) is 15.1. The molecule has 36 heavy (non-hydrogen) atoms. The van der Waals surface area contributed by atoms with E-state index < -0.39 is 0 Å². The maximum atomic E-state index is 14.0. The van der Waals surface area contributed by atoms with Crippen LogP contribution in [0.25, 0.3) is 11.0 Å². The van der Waals surface area contributed by atoms with E-state index in [1.807, 2.05) is 0 Å². The number of aromatic nitrogens is 3. The first-order valence-corrected chi connectivity index (χ1v) is 14.1. The third-order valence-corrected chi connectivity index (χ3v) is 10.5. The Morgan fingerprint density at radius 2 is 1.83 bits per heavy atom. The fourth-order valence-electron chi connectivity index (χ4n) is 8.88. The highest BCUT2D eigenvalue weighted by Gasteiger charge is 2.58. The Kier molecular flexibility index (Phi) is 7.20. The lowest BCUT2D eigenvalue weighted by Gasteiger charge is -2.56. The summed E-state index contributed by atoms with van der Waals surface area (Å²) in [5.41, 5.74) is 0.896. The molecule has 0 N–H and O–H groups in total. The first-order chi connectivity index (χ1) is 17.4. The largest absolute Gasteiger partial charge is 0.297 e. The first-order valence-electron chi connectivity index (χ1n) is 14.1. The molecule has 6 rings (SSSR count). The molecule has 1 aromatic carbocycles. The molecule has 194 valence electrons. The molecule has 1 heterocycles. The molecule has 8 unspecified atom stereocenters. The van der Waals surface area contributed by atoms with Crippen LogP contribution in [0.4, 0.5) is 4.39 Å². The van der Waals surface area contributed by atoms with Gasteiger partial charge in [0.1, 0.15) is 17.6 Å². The van der Waals surface area contributed by atoms with Crippen LogP contribution in [-0.2, 0) is 11.3 Å². The van der Waals surface area contributed by atoms with Crippen LogP contribution in [0, 0.1) is 52.7 Å². The zero-order valence-electron chi connectivity index (χ0n) is 22.0. The summed E-state index contributed by atoms with van der Waals surface area (Å²) >= 11 is 0. The van der Waals surface area contributed by atoms with E-state index in [0.29, 0.717) is 11.4 Å². The van der Waals surface area contributed by atoms with E-state index >= 15 is 0 Å². The van der Waals surface area contributed by atoms with Crippen LogP contribution in [0.1, 0.15) is 71.6 Å². The van der Waals surface area contributed by atoms with Crippen molar-refractivity contribution in [2.24, 2.45) is 46.8 Å². The smallest absolute Gasteiger partial charge is 0.159 e. The summed E-state index contributed by atoms with van der Waals surface area (Å²) in [6.45, 7) is 11.7. The van der Waals surface area contributed by atoms with Crippen molar-refractivity contribution in [3.8, 4) is 0 Å². The van der Waals surface area contributed by atoms with Gasteiger partial charge < -0.3 is 0 Å². The second kappa shape index (κ2) is 10.2. The molecule has 4 nitrogen and oxygen atoms in total. The Bertz CT molecular complexity index is 1120. The molecule has 0 bridgehead atoms. The predicted octanol–water partition coefficient (Wildman–Crippen LogP) is 7.40. The highest BCUT2D eigenvalue weighted by Crippen LogP contribution is 2.64. The van der Waals surface area contributed by atoms with Gasteiger partial charge in [-0.3, -0.25) is 4.79 Å². The number of rotatable bonds is 4. The third kappa shape index (κ3) is 4.48. The van der Waals surface area contributed by atoms with Gasteiger partial charge in [-0.15, -0.1) is 5.10 Å². The number of benzene rings is 1. The quantitative estimate of drug-likeness (QED) is 0.419. The zero-order chi connectivity index (χ0) is 25.4. The molecule has 4 aliphatic carbocycles. The maximum absolute atomic E-state index is 14.0. The molecule has 0 amide bonds. The van der Waals surface area contributed by atoms with Crippen LogP contribution >= 0.6 is 0 Å². The first kappa shape index (κ1) is 25.4. The molecule has 0 saturated heterocycles. The molecule has 0 aliphatic heterocycles. The number of nitrogens with zero attached hydrogens (tertiary/aromatic N) is 3. The summed E-state index contributed by atoms with van der Waals surface area (Å²) in [5.74, 6) is 5.19. The molecular weight excluding hydrogens is 449 g/mol. The fourth-order valence-corrected chi connectivity index (χ4v) is 8.88. The Morgan fingerprint density at radius 1 is 1.06 bits per heavy atom. The monoisotopic (exact) mass is 491 g/mol. The van der Waals surface area contributed by atoms with Crippen molar-refractivity contribution in [1.82, 2.24) is 15.0 Å². The lowest BCUT2D eigenvalue weighted by atomic mass is 9.49. The van der Waals surface area contributed by atoms with E-state index in [2.05, 4.69) is 37.2 Å². The van der Waals surface area contributed by atoms with Gasteiger partial charge in [0.2, 0.25) is 0 Å². The van der Waals surface area contributed by atoms with Crippen molar-refractivity contribution in [1.29, 1.82) is 0 Å². The van der Waals surface area contributed by atoms with Crippen molar-refractivity contribution in [2.45, 2.75) is 78.2 Å². The van der Waals surface area contributed by atoms with Gasteiger partial charge in [-0.05, 0) is 104 Å². The third-order valence-electron chi connectivity index (χ3n) is 10.5. The molecule has 8 atom stereocenters. The van der Waals surface area contributed by atoms with Gasteiger partial charge in [0, 0.05) is 5.92 Å². The highest BCUT2D eigenvalue weighted by atomic mass is 19.1. The van der Waals surface area contributed by atoms with E-state index in [-0.39, 0.29) is 35.0 Å². The average Bonchev–Trinajstić information content (AvgIpc) is 3.45. The van der Waals surface area contributed by atoms with Gasteiger partial charge in [0.05, 0.1) is 0 Å². The maximum Gasteiger partial charge on any atom is 0.159 e. The number of allylic oxidation sites excluding steroid dienone is 2. The van der Waals surface area contributed by atoms with Crippen molar-refractivity contribution >= 4 is 16.8 Å². The van der Waals surface area contributed by atoms with Crippen LogP contribution < -0.4 is 0 Å². The number of fused-ring (bicyclic) bond motifs is 6. The standard InChI is InChI=1S/C27H36FN3O.C4H6/c1-16-6-8-18-17(14-16)7-9-20-19(18)12-13-27(2)21(20)10-11-22(27)25(32)15-31-29-24-5-3-4-23(28)26(24)30-31;1-3-4-2/h3-5,16-22H,6-15H2,1-2H3;3-4H,1-2H2. The molecule has 4 saturated carbocycles. The molecular formula is C31H42FN3O. The van der Waals surface area contributed by atoms with Gasteiger partial charge in [-0.1, -0.05) is 51.6 Å². The minimum Gasteiger partial charge on any atom is -0.297 e. The Balaban J connectivity index is 0.000000623. The SMILES string of the molecule is C=CC=C.CC1CCC2C(CCC3C2CCC2(C)C(C(=O)Cn4nc5cccc(F)c5n4)CCC32)C1. The van der Waals surface area contributed by atoms with Crippen molar-refractivity contribution in [3.05, 3.63) is 49.3 Å². The number of halogens is 1. The topological polar surface area (TPSA) is 47.8 Å². The number of hydrogen-bond acceptors (Lipinski definition) is 3. The minimum atomic E-state index is -0.375. The molecule has 1 aromatic heterocycles. The molecule has 0 radical (unpaired) electrons. The van der Waals surface area contributed by atoms with E-state index in [1.54, 1.807) is 24.3 Å². The van der Waals surface area contributed by atoms with E-state index in [0.717, 1.165) is 36.0 Å². The van der Waals surface area contributed by atoms with Gasteiger partial charge in [-0.25, -0.2) is 4.39 Å². The normalized spacial score (nSPS) is 37.1. The van der Waals surface area contributed by atoms with E-state index in [9.17, 15) is 9.18 Å². The molecule has 0 spiro atoms. The zero-order valence-corrected chi connectivity index (χ0v) is 22.0. The Hall–Kier alpha value is -2.30. The van der Waals surface area contributed by atoms with Crippen LogP contribution in [0.5, 0.6) is 0 Å². The van der Waals surface area contributed by atoms with Crippen LogP contribution in [0.3, 0.4) is 0 Å². The summed E-state index contributed by atoms with van der Waals surface area (Å²) in [5, 5.41) is 8.65. The Morgan fingerprint density at radius 3 is 2.58 bits per heavy atom. The number of ketones is 1. The summed E-state index contributed by atoms with van der Waals surface area (Å²) in [4.78, 5) is 14.9. The van der Waals surface area contributed by atoms with Crippen LogP contribution in [0.2, 0.25) is 0 Å². The fraction of sp³-hybridized carbons (Fsp3) is 0.645. The minimum absolute atomic E-state index is 0.0940. The number of Topliss-reactive ketones (excluding diaryl/α,β-unsaturated/α-hetero) is 1. The van der Waals surface area contributed by atoms with Gasteiger partial charge in [0.25, 0.3) is 0 Å². The van der Waals surface area contributed by atoms with Crippen molar-refractivity contribution in [3.63, 3.8) is 0 Å². The summed E-state index contributed by atoms with van der Waals surface area (Å²) < 4.78 is 14.0. The van der Waals surface area contributed by atoms with Crippen LogP contribution in [0.15, 0.2) is 43.5 Å². The second-order valence-corrected chi connectivity index (χ2v) is 12.3. The molecule has 4 fully saturated rings. The molecule has 4 aliphatic rings. The summed E-state index contributed by atoms with van der Waals surface area (Å²) in [6, 6.07) is 4.79. The van der Waals surface area contributed by atoms with Crippen molar-refractivity contribution < 1.29 is 9.18 Å². The molecule has 2 aromatic rings. The average molecular weight is 492 g/mol. The highest BCUT2D eigenvalue weighted by molar-refractivity contribution is 5.82. The van der Waals surface area contributed by atoms with Crippen molar-refractivity contribution in [2.75, 3.05) is 0 Å². The number of carbonyl (C=O) groups is 1. The van der Waals surface area contributed by atoms with Gasteiger partial charge in [-0.2, -0.15) is 9.90 Å². The number of hydrogen-bond donors (Lipinski definition) is 0. The number of carbonyl (C=O) groups excluding carboxylic acids is 1.